The predicted molar refractivity (Wildman–Crippen MR) is 44.3 cm³/mol. The van der Waals surface area contributed by atoms with Gasteiger partial charge in [-0.15, -0.1) is 0 Å². The van der Waals surface area contributed by atoms with Gasteiger partial charge >= 0.3 is 0 Å². The van der Waals surface area contributed by atoms with Gasteiger partial charge in [0, 0.05) is 0 Å². The first kappa shape index (κ1) is 8.54. The van der Waals surface area contributed by atoms with Crippen LogP contribution >= 0.6 is 11.6 Å². The highest BCUT2D eigenvalue weighted by Gasteiger charge is 2.03. The molecule has 1 rings (SSSR count). The van der Waals surface area contributed by atoms with E-state index in [1.54, 1.807) is 0 Å². The summed E-state index contributed by atoms with van der Waals surface area (Å²) in [6.45, 7) is 0. The van der Waals surface area contributed by atoms with Gasteiger partial charge in [-0.2, -0.15) is 0 Å². The van der Waals surface area contributed by atoms with Gasteiger partial charge in [0.05, 0.1) is 0 Å². The van der Waals surface area contributed by atoms with Gasteiger partial charge in [0.15, 0.2) is 11.0 Å². The van der Waals surface area contributed by atoms with E-state index in [0.29, 0.717) is 6.41 Å². The van der Waals surface area contributed by atoms with Crippen molar-refractivity contribution in [2.24, 2.45) is 0 Å². The van der Waals surface area contributed by atoms with Crippen molar-refractivity contribution in [2.75, 3.05) is 11.2 Å². The SMILES string of the molecule is Nc1c(Cl)ncnc1NNC=O. The summed E-state index contributed by atoms with van der Waals surface area (Å²) in [5, 5.41) is 0.139. The van der Waals surface area contributed by atoms with Gasteiger partial charge in [0.1, 0.15) is 12.0 Å². The van der Waals surface area contributed by atoms with E-state index in [1.807, 2.05) is 0 Å². The third kappa shape index (κ3) is 1.73. The number of nitrogens with zero attached hydrogens (tertiary/aromatic N) is 2. The first-order valence-corrected chi connectivity index (χ1v) is 3.34. The molecule has 0 bridgehead atoms. The molecule has 0 spiro atoms. The molecule has 4 N–H and O–H groups in total. The molecule has 64 valence electrons. The molecule has 0 saturated carbocycles. The molecule has 0 unspecified atom stereocenters. The Kier molecular flexibility index (Phi) is 2.65. The number of hydrazine groups is 1. The second kappa shape index (κ2) is 3.72. The quantitative estimate of drug-likeness (QED) is 0.346. The number of nitrogen functional groups attached to an aromatic ring is 1. The van der Waals surface area contributed by atoms with Gasteiger partial charge in [0.2, 0.25) is 6.41 Å². The Morgan fingerprint density at radius 2 is 2.33 bits per heavy atom. The van der Waals surface area contributed by atoms with Crippen LogP contribution in [0.3, 0.4) is 0 Å². The fourth-order valence-corrected chi connectivity index (χ4v) is 0.705. The molecule has 1 amide bonds. The molecule has 0 fully saturated rings. The van der Waals surface area contributed by atoms with Crippen LogP contribution in [0.25, 0.3) is 0 Å². The average Bonchev–Trinajstić information content (AvgIpc) is 2.08. The molecular formula is C5H6ClN5O. The lowest BCUT2D eigenvalue weighted by atomic mass is 10.5. The number of rotatable bonds is 3. The highest BCUT2D eigenvalue weighted by molar-refractivity contribution is 6.32. The molecule has 0 aromatic carbocycles. The standard InChI is InChI=1S/C5H6ClN5O/c6-4-3(7)5(9-1-8-4)11-10-2-12/h1-2H,7H2,(H,10,12)(H,8,9,11). The second-order valence-electron chi connectivity index (χ2n) is 1.81. The van der Waals surface area contributed by atoms with Crippen LogP contribution in [0, 0.1) is 0 Å². The molecule has 0 aliphatic heterocycles. The summed E-state index contributed by atoms with van der Waals surface area (Å²) < 4.78 is 0. The van der Waals surface area contributed by atoms with E-state index in [9.17, 15) is 4.79 Å². The van der Waals surface area contributed by atoms with Gasteiger partial charge in [-0.3, -0.25) is 15.6 Å². The number of aromatic nitrogens is 2. The van der Waals surface area contributed by atoms with E-state index >= 15 is 0 Å². The molecule has 1 heterocycles. The van der Waals surface area contributed by atoms with E-state index in [0.717, 1.165) is 0 Å². The lowest BCUT2D eigenvalue weighted by Crippen LogP contribution is -2.21. The van der Waals surface area contributed by atoms with Crippen LogP contribution in [0.5, 0.6) is 0 Å². The summed E-state index contributed by atoms with van der Waals surface area (Å²) in [6.07, 6.45) is 1.68. The van der Waals surface area contributed by atoms with E-state index < -0.39 is 0 Å². The van der Waals surface area contributed by atoms with E-state index in [4.69, 9.17) is 17.3 Å². The minimum atomic E-state index is 0.139. The number of anilines is 2. The van der Waals surface area contributed by atoms with Crippen molar-refractivity contribution in [3.8, 4) is 0 Å². The number of nitrogens with two attached hydrogens (primary N) is 1. The minimum absolute atomic E-state index is 0.139. The Balaban J connectivity index is 2.84. The molecule has 7 heteroatoms. The molecule has 0 saturated heterocycles. The smallest absolute Gasteiger partial charge is 0.225 e. The third-order valence-corrected chi connectivity index (χ3v) is 1.39. The van der Waals surface area contributed by atoms with Crippen LogP contribution in [-0.2, 0) is 4.79 Å². The lowest BCUT2D eigenvalue weighted by Gasteiger charge is -2.05. The Morgan fingerprint density at radius 1 is 1.58 bits per heavy atom. The van der Waals surface area contributed by atoms with Crippen molar-refractivity contribution < 1.29 is 4.79 Å². The largest absolute Gasteiger partial charge is 0.393 e. The Bertz CT molecular complexity index is 291. The summed E-state index contributed by atoms with van der Waals surface area (Å²) in [6, 6.07) is 0. The number of amides is 1. The maximum Gasteiger partial charge on any atom is 0.225 e. The molecule has 0 atom stereocenters. The van der Waals surface area contributed by atoms with Crippen molar-refractivity contribution in [1.29, 1.82) is 0 Å². The van der Waals surface area contributed by atoms with Crippen LogP contribution < -0.4 is 16.6 Å². The number of carbonyl (C=O) groups excluding carboxylic acids is 1. The molecule has 0 aliphatic rings. The van der Waals surface area contributed by atoms with E-state index in [1.165, 1.54) is 6.33 Å². The van der Waals surface area contributed by atoms with Crippen LogP contribution in [0.2, 0.25) is 5.15 Å². The highest BCUT2D eigenvalue weighted by atomic mass is 35.5. The number of halogens is 1. The molecule has 12 heavy (non-hydrogen) atoms. The van der Waals surface area contributed by atoms with Gasteiger partial charge in [0.25, 0.3) is 0 Å². The van der Waals surface area contributed by atoms with Crippen LogP contribution in [0.1, 0.15) is 0 Å². The summed E-state index contributed by atoms with van der Waals surface area (Å²) in [4.78, 5) is 17.2. The monoisotopic (exact) mass is 187 g/mol. The van der Waals surface area contributed by atoms with E-state index in [-0.39, 0.29) is 16.7 Å². The summed E-state index contributed by atoms with van der Waals surface area (Å²) in [5.41, 5.74) is 10.2. The van der Waals surface area contributed by atoms with Crippen LogP contribution in [0.4, 0.5) is 11.5 Å². The van der Waals surface area contributed by atoms with Crippen LogP contribution in [0.15, 0.2) is 6.33 Å². The minimum Gasteiger partial charge on any atom is -0.393 e. The Hall–Kier alpha value is -1.56. The number of carbonyl (C=O) groups is 1. The first-order valence-electron chi connectivity index (χ1n) is 2.97. The van der Waals surface area contributed by atoms with Crippen molar-refractivity contribution in [2.45, 2.75) is 0 Å². The number of hydrogen-bond donors (Lipinski definition) is 3. The zero-order chi connectivity index (χ0) is 8.97. The topological polar surface area (TPSA) is 92.9 Å². The first-order chi connectivity index (χ1) is 5.75. The zero-order valence-electron chi connectivity index (χ0n) is 5.91. The van der Waals surface area contributed by atoms with Crippen molar-refractivity contribution in [3.63, 3.8) is 0 Å². The van der Waals surface area contributed by atoms with Gasteiger partial charge < -0.3 is 5.73 Å². The van der Waals surface area contributed by atoms with Crippen molar-refractivity contribution in [3.05, 3.63) is 11.5 Å². The average molecular weight is 188 g/mol. The zero-order valence-corrected chi connectivity index (χ0v) is 6.67. The molecule has 1 aromatic rings. The molecule has 0 aliphatic carbocycles. The van der Waals surface area contributed by atoms with Crippen LogP contribution in [-0.4, -0.2) is 16.4 Å². The van der Waals surface area contributed by atoms with Gasteiger partial charge in [-0.05, 0) is 0 Å². The highest BCUT2D eigenvalue weighted by Crippen LogP contribution is 2.20. The fraction of sp³-hybridized carbons (Fsp3) is 0. The van der Waals surface area contributed by atoms with E-state index in [2.05, 4.69) is 20.8 Å². The van der Waals surface area contributed by atoms with Gasteiger partial charge in [-0.25, -0.2) is 9.97 Å². The third-order valence-electron chi connectivity index (χ3n) is 1.08. The van der Waals surface area contributed by atoms with Crippen molar-refractivity contribution in [1.82, 2.24) is 15.4 Å². The Morgan fingerprint density at radius 3 is 3.00 bits per heavy atom. The number of hydrogen-bond acceptors (Lipinski definition) is 5. The molecule has 6 nitrogen and oxygen atoms in total. The number of nitrogens with one attached hydrogen (secondary N) is 2. The summed E-state index contributed by atoms with van der Waals surface area (Å²) in [7, 11) is 0. The Labute approximate surface area is 73.1 Å². The molecular weight excluding hydrogens is 182 g/mol. The maximum atomic E-state index is 9.88. The second-order valence-corrected chi connectivity index (χ2v) is 2.17. The maximum absolute atomic E-state index is 9.88. The normalized spacial score (nSPS) is 9.08. The summed E-state index contributed by atoms with van der Waals surface area (Å²) >= 11 is 5.56. The van der Waals surface area contributed by atoms with Gasteiger partial charge in [-0.1, -0.05) is 11.6 Å². The fourth-order valence-electron chi connectivity index (χ4n) is 0.572. The predicted octanol–water partition coefficient (Wildman–Crippen LogP) is -0.215. The summed E-state index contributed by atoms with van der Waals surface area (Å²) in [5.74, 6) is 0.266. The molecule has 0 radical (unpaired) electrons. The lowest BCUT2D eigenvalue weighted by molar-refractivity contribution is -0.109. The van der Waals surface area contributed by atoms with Crippen molar-refractivity contribution >= 4 is 29.5 Å². The molecule has 1 aromatic heterocycles.